The fourth-order valence-corrected chi connectivity index (χ4v) is 2.48. The Labute approximate surface area is 162 Å². The van der Waals surface area contributed by atoms with Gasteiger partial charge in [-0.05, 0) is 43.8 Å². The van der Waals surface area contributed by atoms with Crippen molar-refractivity contribution in [3.05, 3.63) is 65.7 Å². The van der Waals surface area contributed by atoms with E-state index in [1.807, 2.05) is 30.3 Å². The average Bonchev–Trinajstić information content (AvgIpc) is 2.56. The number of nitrogens with zero attached hydrogens (tertiary/aromatic N) is 2. The van der Waals surface area contributed by atoms with E-state index < -0.39 is 0 Å². The molecule has 0 spiro atoms. The predicted molar refractivity (Wildman–Crippen MR) is 114 cm³/mol. The van der Waals surface area contributed by atoms with Gasteiger partial charge in [0.1, 0.15) is 0 Å². The largest absolute Gasteiger partial charge is 0.370 e. The molecule has 24 heavy (non-hydrogen) atoms. The van der Waals surface area contributed by atoms with Crippen LogP contribution in [0.15, 0.2) is 59.6 Å². The monoisotopic (exact) mass is 438 g/mol. The number of aryl methyl sites for hydroxylation is 1. The van der Waals surface area contributed by atoms with Gasteiger partial charge in [-0.3, -0.25) is 4.99 Å². The second-order valence-electron chi connectivity index (χ2n) is 5.79. The second-order valence-corrected chi connectivity index (χ2v) is 5.79. The summed E-state index contributed by atoms with van der Waals surface area (Å²) < 4.78 is 0. The maximum atomic E-state index is 6.04. The molecule has 130 valence electrons. The Morgan fingerprint density at radius 2 is 1.83 bits per heavy atom. The Balaban J connectivity index is 0.00000288. The minimum atomic E-state index is 0. The highest BCUT2D eigenvalue weighted by Crippen LogP contribution is 2.18. The highest BCUT2D eigenvalue weighted by atomic mass is 127. The van der Waals surface area contributed by atoms with Crippen molar-refractivity contribution in [2.75, 3.05) is 26.0 Å². The first kappa shape index (κ1) is 20.4. The van der Waals surface area contributed by atoms with Crippen molar-refractivity contribution in [1.82, 2.24) is 4.90 Å². The molecule has 2 aromatic carbocycles. The van der Waals surface area contributed by atoms with Crippen LogP contribution in [0.25, 0.3) is 0 Å². The number of aliphatic imine (C=N–C) groups is 1. The number of benzene rings is 2. The summed E-state index contributed by atoms with van der Waals surface area (Å²) in [5.74, 6) is 0.445. The summed E-state index contributed by atoms with van der Waals surface area (Å²) in [7, 11) is 4.11. The molecular weight excluding hydrogens is 411 g/mol. The highest BCUT2D eigenvalue weighted by molar-refractivity contribution is 14.0. The van der Waals surface area contributed by atoms with E-state index in [0.717, 1.165) is 12.1 Å². The standard InChI is InChI=1S/C19H26N4.HI/c1-4-15-9-8-12-17(13-15)22-19(20)21-14-18(23(2)3)16-10-6-5-7-11-16;/h5-13,18H,4,14H2,1-3H3,(H3,20,21,22);1H. The number of likely N-dealkylation sites (N-methyl/N-ethyl adjacent to an activating group) is 1. The Morgan fingerprint density at radius 1 is 1.12 bits per heavy atom. The maximum Gasteiger partial charge on any atom is 0.193 e. The normalized spacial score (nSPS) is 12.6. The van der Waals surface area contributed by atoms with E-state index in [-0.39, 0.29) is 30.0 Å². The molecule has 0 aliphatic heterocycles. The van der Waals surface area contributed by atoms with Crippen molar-refractivity contribution >= 4 is 35.6 Å². The molecule has 1 atom stereocenters. The molecule has 5 heteroatoms. The second kappa shape index (κ2) is 10.3. The zero-order valence-corrected chi connectivity index (χ0v) is 16.9. The van der Waals surface area contributed by atoms with Gasteiger partial charge >= 0.3 is 0 Å². The van der Waals surface area contributed by atoms with Crippen molar-refractivity contribution in [2.45, 2.75) is 19.4 Å². The number of hydrogen-bond acceptors (Lipinski definition) is 2. The lowest BCUT2D eigenvalue weighted by molar-refractivity contribution is 0.306. The molecule has 4 nitrogen and oxygen atoms in total. The maximum absolute atomic E-state index is 6.04. The van der Waals surface area contributed by atoms with Crippen LogP contribution in [0, 0.1) is 0 Å². The minimum absolute atomic E-state index is 0. The van der Waals surface area contributed by atoms with Gasteiger partial charge in [-0.15, -0.1) is 24.0 Å². The zero-order valence-electron chi connectivity index (χ0n) is 14.6. The molecule has 0 aromatic heterocycles. The van der Waals surface area contributed by atoms with Gasteiger partial charge in [0.25, 0.3) is 0 Å². The molecule has 2 aromatic rings. The van der Waals surface area contributed by atoms with Crippen molar-refractivity contribution in [3.8, 4) is 0 Å². The summed E-state index contributed by atoms with van der Waals surface area (Å²) in [5.41, 5.74) is 9.54. The van der Waals surface area contributed by atoms with Gasteiger partial charge in [0, 0.05) is 5.69 Å². The van der Waals surface area contributed by atoms with Crippen LogP contribution in [0.3, 0.4) is 0 Å². The molecule has 0 aliphatic rings. The number of guanidine groups is 1. The Morgan fingerprint density at radius 3 is 2.46 bits per heavy atom. The van der Waals surface area contributed by atoms with Gasteiger partial charge in [0.15, 0.2) is 5.96 Å². The van der Waals surface area contributed by atoms with Crippen LogP contribution in [0.5, 0.6) is 0 Å². The van der Waals surface area contributed by atoms with E-state index in [9.17, 15) is 0 Å². The SMILES string of the molecule is CCc1cccc(NC(N)=NCC(c2ccccc2)N(C)C)c1.I. The number of nitrogens with one attached hydrogen (secondary N) is 1. The fourth-order valence-electron chi connectivity index (χ4n) is 2.48. The van der Waals surface area contributed by atoms with Crippen molar-refractivity contribution < 1.29 is 0 Å². The quantitative estimate of drug-likeness (QED) is 0.409. The predicted octanol–water partition coefficient (Wildman–Crippen LogP) is 3.90. The summed E-state index contributed by atoms with van der Waals surface area (Å²) in [6.45, 7) is 2.75. The van der Waals surface area contributed by atoms with E-state index in [2.05, 4.69) is 60.5 Å². The molecule has 0 amide bonds. The van der Waals surface area contributed by atoms with Crippen molar-refractivity contribution in [3.63, 3.8) is 0 Å². The third-order valence-corrected chi connectivity index (χ3v) is 3.85. The number of rotatable bonds is 6. The van der Waals surface area contributed by atoms with Gasteiger partial charge < -0.3 is 16.0 Å². The molecule has 3 N–H and O–H groups in total. The minimum Gasteiger partial charge on any atom is -0.370 e. The molecule has 0 saturated carbocycles. The van der Waals surface area contributed by atoms with Crippen LogP contribution in [0.2, 0.25) is 0 Å². The van der Waals surface area contributed by atoms with E-state index in [4.69, 9.17) is 5.73 Å². The molecule has 0 fully saturated rings. The van der Waals surface area contributed by atoms with Gasteiger partial charge in [0.05, 0.1) is 12.6 Å². The Hall–Kier alpha value is -1.60. The molecule has 0 aliphatic carbocycles. The highest BCUT2D eigenvalue weighted by Gasteiger charge is 2.13. The first-order chi connectivity index (χ1) is 11.1. The topological polar surface area (TPSA) is 53.6 Å². The number of anilines is 1. The smallest absolute Gasteiger partial charge is 0.193 e. The van der Waals surface area contributed by atoms with Crippen LogP contribution in [-0.2, 0) is 6.42 Å². The Bertz CT molecular complexity index is 641. The fraction of sp³-hybridized carbons (Fsp3) is 0.316. The van der Waals surface area contributed by atoms with Crippen molar-refractivity contribution in [2.24, 2.45) is 10.7 Å². The lowest BCUT2D eigenvalue weighted by Gasteiger charge is -2.23. The van der Waals surface area contributed by atoms with Gasteiger partial charge in [-0.1, -0.05) is 49.4 Å². The van der Waals surface area contributed by atoms with Crippen molar-refractivity contribution in [1.29, 1.82) is 0 Å². The molecule has 2 rings (SSSR count). The van der Waals surface area contributed by atoms with Gasteiger partial charge in [-0.25, -0.2) is 0 Å². The number of hydrogen-bond donors (Lipinski definition) is 2. The molecule has 1 unspecified atom stereocenters. The summed E-state index contributed by atoms with van der Waals surface area (Å²) in [4.78, 5) is 6.67. The van der Waals surface area contributed by atoms with Crippen LogP contribution >= 0.6 is 24.0 Å². The zero-order chi connectivity index (χ0) is 16.7. The van der Waals surface area contributed by atoms with Crippen LogP contribution in [0.4, 0.5) is 5.69 Å². The van der Waals surface area contributed by atoms with Crippen LogP contribution < -0.4 is 11.1 Å². The molecule has 0 saturated heterocycles. The van der Waals surface area contributed by atoms with E-state index in [0.29, 0.717) is 12.5 Å². The summed E-state index contributed by atoms with van der Waals surface area (Å²) >= 11 is 0. The third kappa shape index (κ3) is 6.13. The lowest BCUT2D eigenvalue weighted by Crippen LogP contribution is -2.27. The van der Waals surface area contributed by atoms with Gasteiger partial charge in [0.2, 0.25) is 0 Å². The first-order valence-corrected chi connectivity index (χ1v) is 7.97. The number of halogens is 1. The summed E-state index contributed by atoms with van der Waals surface area (Å²) in [6.07, 6.45) is 1.00. The van der Waals surface area contributed by atoms with E-state index >= 15 is 0 Å². The van der Waals surface area contributed by atoms with E-state index in [1.54, 1.807) is 0 Å². The first-order valence-electron chi connectivity index (χ1n) is 7.97. The summed E-state index contributed by atoms with van der Waals surface area (Å²) in [6, 6.07) is 18.8. The molecule has 0 bridgehead atoms. The molecule has 0 radical (unpaired) electrons. The van der Waals surface area contributed by atoms with Crippen LogP contribution in [0.1, 0.15) is 24.1 Å². The Kier molecular flexibility index (Phi) is 8.78. The van der Waals surface area contributed by atoms with E-state index in [1.165, 1.54) is 11.1 Å². The third-order valence-electron chi connectivity index (χ3n) is 3.85. The average molecular weight is 438 g/mol. The van der Waals surface area contributed by atoms with Gasteiger partial charge in [-0.2, -0.15) is 0 Å². The number of nitrogens with two attached hydrogens (primary N) is 1. The van der Waals surface area contributed by atoms with Crippen LogP contribution in [-0.4, -0.2) is 31.5 Å². The lowest BCUT2D eigenvalue weighted by atomic mass is 10.1. The summed E-state index contributed by atoms with van der Waals surface area (Å²) in [5, 5.41) is 3.17. The molecular formula is C19H27IN4. The molecule has 0 heterocycles.